The number of benzene rings is 2. The van der Waals surface area contributed by atoms with Gasteiger partial charge >= 0.3 is 10.3 Å². The van der Waals surface area contributed by atoms with Crippen LogP contribution in [0.4, 0.5) is 11.5 Å². The molecule has 0 spiro atoms. The van der Waals surface area contributed by atoms with Gasteiger partial charge in [0.25, 0.3) is 5.91 Å². The number of nitrogen functional groups attached to an aromatic ring is 2. The number of hydrogen-bond donors (Lipinski definition) is 5. The highest BCUT2D eigenvalue weighted by Crippen LogP contribution is 2.32. The summed E-state index contributed by atoms with van der Waals surface area (Å²) in [5, 5.41) is 22.4. The molecule has 2 aromatic heterocycles. The second kappa shape index (κ2) is 8.96. The number of nitrogens with zero attached hydrogens (tertiary/aromatic N) is 4. The zero-order chi connectivity index (χ0) is 25.6. The van der Waals surface area contributed by atoms with Crippen LogP contribution in [0.25, 0.3) is 21.9 Å². The maximum atomic E-state index is 12.6. The number of hydrogen-bond acceptors (Lipinski definition) is 12. The smallest absolute Gasteiger partial charge is 0.362 e. The minimum atomic E-state index is -4.62. The molecule has 0 unspecified atom stereocenters. The van der Waals surface area contributed by atoms with Crippen LogP contribution in [0.15, 0.2) is 49.1 Å². The van der Waals surface area contributed by atoms with Crippen molar-refractivity contribution < 1.29 is 32.3 Å². The highest BCUT2D eigenvalue weighted by Gasteiger charge is 2.45. The molecule has 2 aromatic carbocycles. The molecule has 14 nitrogen and oxygen atoms in total. The molecule has 188 valence electrons. The first-order valence-corrected chi connectivity index (χ1v) is 12.0. The van der Waals surface area contributed by atoms with Gasteiger partial charge in [-0.3, -0.25) is 13.5 Å². The van der Waals surface area contributed by atoms with Crippen molar-refractivity contribution in [1.29, 1.82) is 0 Å². The van der Waals surface area contributed by atoms with Gasteiger partial charge in [-0.15, -0.1) is 0 Å². The summed E-state index contributed by atoms with van der Waals surface area (Å²) in [6.07, 6.45) is -2.92. The van der Waals surface area contributed by atoms with Crippen molar-refractivity contribution in [2.75, 3.05) is 18.1 Å². The van der Waals surface area contributed by atoms with Gasteiger partial charge in [0.05, 0.1) is 18.5 Å². The van der Waals surface area contributed by atoms with E-state index in [0.717, 1.165) is 5.39 Å². The molecule has 15 heteroatoms. The molecule has 1 aliphatic rings. The van der Waals surface area contributed by atoms with Crippen molar-refractivity contribution in [2.24, 2.45) is 0 Å². The van der Waals surface area contributed by atoms with Crippen molar-refractivity contribution in [3.05, 3.63) is 54.6 Å². The van der Waals surface area contributed by atoms with Gasteiger partial charge in [-0.25, -0.2) is 19.7 Å². The summed E-state index contributed by atoms with van der Waals surface area (Å²) in [5.41, 5.74) is 12.2. The summed E-state index contributed by atoms with van der Waals surface area (Å²) < 4.78 is 38.4. The number of imidazole rings is 1. The van der Waals surface area contributed by atoms with Crippen LogP contribution in [0, 0.1) is 0 Å². The second-order valence-electron chi connectivity index (χ2n) is 8.09. The summed E-state index contributed by atoms with van der Waals surface area (Å²) in [5.74, 6) is -0.883. The van der Waals surface area contributed by atoms with E-state index in [0.29, 0.717) is 5.39 Å². The number of nitrogens with two attached hydrogens (primary N) is 2. The number of aliphatic hydroxyl groups excluding tert-OH is 2. The van der Waals surface area contributed by atoms with Gasteiger partial charge in [0, 0.05) is 5.69 Å². The fourth-order valence-corrected chi connectivity index (χ4v) is 4.67. The van der Waals surface area contributed by atoms with E-state index in [9.17, 15) is 23.4 Å². The van der Waals surface area contributed by atoms with Crippen LogP contribution < -0.4 is 16.2 Å². The number of anilines is 2. The third-order valence-corrected chi connectivity index (χ3v) is 6.65. The number of aliphatic hydroxyl groups is 2. The van der Waals surface area contributed by atoms with E-state index in [1.165, 1.54) is 23.3 Å². The maximum Gasteiger partial charge on any atom is 0.362 e. The molecule has 5 rings (SSSR count). The molecule has 7 N–H and O–H groups in total. The molecule has 1 saturated heterocycles. The Morgan fingerprint density at radius 2 is 1.83 bits per heavy atom. The highest BCUT2D eigenvalue weighted by molar-refractivity contribution is 7.85. The lowest BCUT2D eigenvalue weighted by Gasteiger charge is -2.16. The van der Waals surface area contributed by atoms with E-state index < -0.39 is 47.4 Å². The van der Waals surface area contributed by atoms with Gasteiger partial charge in [-0.1, -0.05) is 24.3 Å². The largest absolute Gasteiger partial charge is 0.398 e. The zero-order valence-electron chi connectivity index (χ0n) is 18.4. The monoisotopic (exact) mass is 515 g/mol. The Morgan fingerprint density at radius 1 is 1.11 bits per heavy atom. The van der Waals surface area contributed by atoms with Crippen LogP contribution in [-0.2, 0) is 19.2 Å². The number of aromatic nitrogens is 4. The van der Waals surface area contributed by atoms with E-state index in [4.69, 9.17) is 20.4 Å². The lowest BCUT2D eigenvalue weighted by Crippen LogP contribution is -2.38. The van der Waals surface area contributed by atoms with Gasteiger partial charge in [0.1, 0.15) is 30.2 Å². The van der Waals surface area contributed by atoms with Gasteiger partial charge in [0.15, 0.2) is 17.7 Å². The van der Waals surface area contributed by atoms with Crippen molar-refractivity contribution in [3.8, 4) is 0 Å². The zero-order valence-corrected chi connectivity index (χ0v) is 19.2. The van der Waals surface area contributed by atoms with Gasteiger partial charge in [-0.2, -0.15) is 8.42 Å². The Morgan fingerprint density at radius 3 is 2.58 bits per heavy atom. The standard InChI is InChI=1S/C21H21N7O7S/c22-13-6-11-4-2-1-3-10(11)5-12(13)20(31)27-36(32,33)34-7-14-16(29)17(30)21(35-14)28-9-26-15-18(23)24-8-25-19(15)28/h1-6,8-9,14,16-17,21,29-30H,7,22H2,(H,27,31)(H2,23,24,25)/t14-,16-,17-,21-/m1/s1. The number of nitrogens with one attached hydrogen (secondary N) is 1. The fraction of sp³-hybridized carbons (Fsp3) is 0.238. The van der Waals surface area contributed by atoms with Crippen LogP contribution in [0.1, 0.15) is 16.6 Å². The van der Waals surface area contributed by atoms with Crippen molar-refractivity contribution in [3.63, 3.8) is 0 Å². The predicted molar refractivity (Wildman–Crippen MR) is 126 cm³/mol. The predicted octanol–water partition coefficient (Wildman–Crippen LogP) is -0.545. The fourth-order valence-electron chi connectivity index (χ4n) is 3.96. The minimum absolute atomic E-state index is 0.0539. The quantitative estimate of drug-likeness (QED) is 0.204. The van der Waals surface area contributed by atoms with Crippen LogP contribution in [-0.4, -0.2) is 69.0 Å². The van der Waals surface area contributed by atoms with Crippen molar-refractivity contribution in [2.45, 2.75) is 24.5 Å². The molecule has 36 heavy (non-hydrogen) atoms. The topological polar surface area (TPSA) is 218 Å². The SMILES string of the molecule is Nc1cc2ccccc2cc1C(=O)NS(=O)(=O)OC[C@H]1O[C@@H](n2cnc3c(N)ncnc32)[C@H](O)[C@@H]1O. The third-order valence-electron chi connectivity index (χ3n) is 5.77. The highest BCUT2D eigenvalue weighted by atomic mass is 32.2. The number of fused-ring (bicyclic) bond motifs is 2. The average molecular weight is 516 g/mol. The van der Waals surface area contributed by atoms with Crippen LogP contribution in [0.2, 0.25) is 0 Å². The molecule has 4 atom stereocenters. The van der Waals surface area contributed by atoms with Crippen molar-refractivity contribution in [1.82, 2.24) is 24.2 Å². The molecule has 1 aliphatic heterocycles. The molecule has 3 heterocycles. The second-order valence-corrected chi connectivity index (χ2v) is 9.43. The Kier molecular flexibility index (Phi) is 5.93. The molecule has 1 fully saturated rings. The van der Waals surface area contributed by atoms with Crippen LogP contribution in [0.3, 0.4) is 0 Å². The average Bonchev–Trinajstić information content (AvgIpc) is 3.39. The van der Waals surface area contributed by atoms with E-state index in [1.807, 2.05) is 0 Å². The Labute approximate surface area is 203 Å². The number of amides is 1. The van der Waals surface area contributed by atoms with Gasteiger partial charge < -0.3 is 26.4 Å². The Hall–Kier alpha value is -3.89. The maximum absolute atomic E-state index is 12.6. The van der Waals surface area contributed by atoms with E-state index in [1.54, 1.807) is 35.1 Å². The van der Waals surface area contributed by atoms with Crippen molar-refractivity contribution >= 4 is 49.7 Å². The van der Waals surface area contributed by atoms with Crippen LogP contribution in [0.5, 0.6) is 0 Å². The van der Waals surface area contributed by atoms with E-state index in [2.05, 4.69) is 15.0 Å². The molecule has 0 aliphatic carbocycles. The Balaban J connectivity index is 1.27. The lowest BCUT2D eigenvalue weighted by molar-refractivity contribution is -0.0468. The van der Waals surface area contributed by atoms with Gasteiger partial charge in [-0.05, 0) is 22.9 Å². The third kappa shape index (κ3) is 4.29. The molecule has 4 aromatic rings. The van der Waals surface area contributed by atoms with Gasteiger partial charge in [0.2, 0.25) is 0 Å². The normalized spacial score (nSPS) is 22.3. The number of carbonyl (C=O) groups is 1. The molecular formula is C21H21N7O7S. The molecule has 0 saturated carbocycles. The summed E-state index contributed by atoms with van der Waals surface area (Å²) in [6.45, 7) is -0.700. The summed E-state index contributed by atoms with van der Waals surface area (Å²) in [6, 6.07) is 10.1. The molecular weight excluding hydrogens is 494 g/mol. The number of carbonyl (C=O) groups excluding carboxylic acids is 1. The Bertz CT molecular complexity index is 1580. The van der Waals surface area contributed by atoms with Crippen LogP contribution >= 0.6 is 0 Å². The lowest BCUT2D eigenvalue weighted by atomic mass is 10.0. The first kappa shape index (κ1) is 23.8. The van der Waals surface area contributed by atoms with E-state index >= 15 is 0 Å². The van der Waals surface area contributed by atoms with E-state index in [-0.39, 0.29) is 28.2 Å². The molecule has 0 bridgehead atoms. The summed E-state index contributed by atoms with van der Waals surface area (Å²) in [7, 11) is -4.62. The molecule has 0 radical (unpaired) electrons. The number of ether oxygens (including phenoxy) is 1. The number of rotatable bonds is 6. The summed E-state index contributed by atoms with van der Waals surface area (Å²) in [4.78, 5) is 24.6. The summed E-state index contributed by atoms with van der Waals surface area (Å²) >= 11 is 0. The first-order chi connectivity index (χ1) is 17.1. The first-order valence-electron chi connectivity index (χ1n) is 10.6. The minimum Gasteiger partial charge on any atom is -0.398 e. The molecule has 1 amide bonds.